The maximum absolute atomic E-state index is 5.36. The molecule has 6 nitrogen and oxygen atoms in total. The molecule has 3 aromatic rings. The number of ether oxygens (including phenoxy) is 2. The number of anilines is 2. The van der Waals surface area contributed by atoms with Gasteiger partial charge < -0.3 is 20.1 Å². The highest BCUT2D eigenvalue weighted by Gasteiger charge is 2.13. The lowest BCUT2D eigenvalue weighted by Gasteiger charge is -2.09. The molecule has 132 valence electrons. The summed E-state index contributed by atoms with van der Waals surface area (Å²) < 4.78 is 13.6. The molecule has 2 heterocycles. The van der Waals surface area contributed by atoms with Crippen LogP contribution in [0.2, 0.25) is 0 Å². The minimum atomic E-state index is 0.249. The Morgan fingerprint density at radius 2 is 1.85 bits per heavy atom. The standard InChI is InChI=1S/C18H15BrN4O2S/c19-13-3-1-12(2-4-13)9-23-10-15(8-20-23)22-18(26)21-14-5-6-16-17(7-14)25-11-24-16/h1-8,10H,9,11H2,(H2,21,22,26). The first-order valence-electron chi connectivity index (χ1n) is 7.90. The van der Waals surface area contributed by atoms with E-state index >= 15 is 0 Å². The Morgan fingerprint density at radius 1 is 1.08 bits per heavy atom. The number of thiocarbonyl (C=S) groups is 1. The first kappa shape index (κ1) is 16.9. The predicted octanol–water partition coefficient (Wildman–Crippen LogP) is 4.23. The van der Waals surface area contributed by atoms with Crippen LogP contribution in [0.25, 0.3) is 0 Å². The van der Waals surface area contributed by atoms with Crippen LogP contribution in [0.1, 0.15) is 5.56 Å². The molecule has 26 heavy (non-hydrogen) atoms. The molecule has 2 N–H and O–H groups in total. The summed E-state index contributed by atoms with van der Waals surface area (Å²) in [5.74, 6) is 1.45. The van der Waals surface area contributed by atoms with Gasteiger partial charge in [0.05, 0.1) is 18.4 Å². The van der Waals surface area contributed by atoms with Crippen molar-refractivity contribution in [3.63, 3.8) is 0 Å². The van der Waals surface area contributed by atoms with Crippen LogP contribution in [0.5, 0.6) is 11.5 Å². The fourth-order valence-electron chi connectivity index (χ4n) is 2.56. The third-order valence-electron chi connectivity index (χ3n) is 3.78. The van der Waals surface area contributed by atoms with Crippen molar-refractivity contribution in [2.45, 2.75) is 6.54 Å². The number of aromatic nitrogens is 2. The lowest BCUT2D eigenvalue weighted by molar-refractivity contribution is 0.174. The zero-order chi connectivity index (χ0) is 17.9. The lowest BCUT2D eigenvalue weighted by Crippen LogP contribution is -2.18. The minimum absolute atomic E-state index is 0.249. The SMILES string of the molecule is S=C(Nc1ccc2c(c1)OCO2)Nc1cnn(Cc2ccc(Br)cc2)c1. The highest BCUT2D eigenvalue weighted by molar-refractivity contribution is 9.10. The van der Waals surface area contributed by atoms with Gasteiger partial charge in [0.25, 0.3) is 0 Å². The number of nitrogens with one attached hydrogen (secondary N) is 2. The van der Waals surface area contributed by atoms with Gasteiger partial charge in [-0.05, 0) is 42.0 Å². The zero-order valence-corrected chi connectivity index (χ0v) is 16.0. The molecule has 0 spiro atoms. The summed E-state index contributed by atoms with van der Waals surface area (Å²) in [7, 11) is 0. The summed E-state index contributed by atoms with van der Waals surface area (Å²) in [6.07, 6.45) is 3.65. The Morgan fingerprint density at radius 3 is 2.69 bits per heavy atom. The Kier molecular flexibility index (Phi) is 4.77. The number of hydrogen-bond acceptors (Lipinski definition) is 4. The summed E-state index contributed by atoms with van der Waals surface area (Å²) >= 11 is 8.80. The van der Waals surface area contributed by atoms with E-state index in [4.69, 9.17) is 21.7 Å². The Bertz CT molecular complexity index is 943. The average Bonchev–Trinajstić information content (AvgIpc) is 3.25. The maximum atomic E-state index is 5.36. The second-order valence-electron chi connectivity index (χ2n) is 5.70. The van der Waals surface area contributed by atoms with E-state index in [9.17, 15) is 0 Å². The molecule has 1 aliphatic rings. The molecule has 2 aromatic carbocycles. The second kappa shape index (κ2) is 7.35. The molecule has 1 aromatic heterocycles. The highest BCUT2D eigenvalue weighted by atomic mass is 79.9. The van der Waals surface area contributed by atoms with E-state index in [1.807, 2.05) is 41.2 Å². The molecular weight excluding hydrogens is 416 g/mol. The Hall–Kier alpha value is -2.58. The van der Waals surface area contributed by atoms with Gasteiger partial charge in [-0.1, -0.05) is 28.1 Å². The van der Waals surface area contributed by atoms with Gasteiger partial charge in [0, 0.05) is 22.4 Å². The van der Waals surface area contributed by atoms with Gasteiger partial charge in [0.2, 0.25) is 6.79 Å². The van der Waals surface area contributed by atoms with Gasteiger partial charge in [-0.3, -0.25) is 4.68 Å². The fourth-order valence-corrected chi connectivity index (χ4v) is 3.06. The summed E-state index contributed by atoms with van der Waals surface area (Å²) in [5.41, 5.74) is 2.82. The molecule has 4 rings (SSSR count). The summed E-state index contributed by atoms with van der Waals surface area (Å²) in [6, 6.07) is 13.7. The Balaban J connectivity index is 1.36. The van der Waals surface area contributed by atoms with Crippen LogP contribution >= 0.6 is 28.1 Å². The topological polar surface area (TPSA) is 60.3 Å². The van der Waals surface area contributed by atoms with Crippen LogP contribution in [-0.4, -0.2) is 21.7 Å². The van der Waals surface area contributed by atoms with Crippen LogP contribution in [-0.2, 0) is 6.54 Å². The van der Waals surface area contributed by atoms with E-state index in [0.717, 1.165) is 21.6 Å². The number of hydrogen-bond donors (Lipinski definition) is 2. The summed E-state index contributed by atoms with van der Waals surface area (Å²) in [6.45, 7) is 0.941. The quantitative estimate of drug-likeness (QED) is 0.603. The number of fused-ring (bicyclic) bond motifs is 1. The van der Waals surface area contributed by atoms with Gasteiger partial charge in [0.15, 0.2) is 16.6 Å². The predicted molar refractivity (Wildman–Crippen MR) is 108 cm³/mol. The van der Waals surface area contributed by atoms with E-state index in [1.54, 1.807) is 6.20 Å². The first-order chi connectivity index (χ1) is 12.7. The highest BCUT2D eigenvalue weighted by Crippen LogP contribution is 2.34. The van der Waals surface area contributed by atoms with Crippen LogP contribution < -0.4 is 20.1 Å². The van der Waals surface area contributed by atoms with Crippen molar-refractivity contribution < 1.29 is 9.47 Å². The van der Waals surface area contributed by atoms with Gasteiger partial charge >= 0.3 is 0 Å². The van der Waals surface area contributed by atoms with Crippen molar-refractivity contribution in [3.05, 3.63) is 64.9 Å². The third-order valence-corrected chi connectivity index (χ3v) is 4.51. The second-order valence-corrected chi connectivity index (χ2v) is 7.02. The first-order valence-corrected chi connectivity index (χ1v) is 9.10. The molecule has 0 bridgehead atoms. The molecule has 0 radical (unpaired) electrons. The molecule has 1 aliphatic heterocycles. The average molecular weight is 431 g/mol. The van der Waals surface area contributed by atoms with Crippen molar-refractivity contribution in [2.75, 3.05) is 17.4 Å². The van der Waals surface area contributed by atoms with Crippen molar-refractivity contribution in [2.24, 2.45) is 0 Å². The smallest absolute Gasteiger partial charge is 0.231 e. The Labute approximate surface area is 164 Å². The van der Waals surface area contributed by atoms with E-state index in [0.29, 0.717) is 17.4 Å². The zero-order valence-electron chi connectivity index (χ0n) is 13.6. The molecule has 0 saturated heterocycles. The molecule has 0 atom stereocenters. The largest absolute Gasteiger partial charge is 0.454 e. The van der Waals surface area contributed by atoms with Gasteiger partial charge in [0.1, 0.15) is 0 Å². The molecule has 0 aliphatic carbocycles. The van der Waals surface area contributed by atoms with Crippen molar-refractivity contribution >= 4 is 44.6 Å². The molecular formula is C18H15BrN4O2S. The van der Waals surface area contributed by atoms with Crippen LogP contribution in [0, 0.1) is 0 Å². The van der Waals surface area contributed by atoms with Gasteiger partial charge in [-0.2, -0.15) is 5.10 Å². The minimum Gasteiger partial charge on any atom is -0.454 e. The molecule has 0 fully saturated rings. The maximum Gasteiger partial charge on any atom is 0.231 e. The summed E-state index contributed by atoms with van der Waals surface area (Å²) in [4.78, 5) is 0. The fraction of sp³-hybridized carbons (Fsp3) is 0.111. The van der Waals surface area contributed by atoms with Crippen LogP contribution in [0.4, 0.5) is 11.4 Å². The number of halogens is 1. The molecule has 0 amide bonds. The lowest BCUT2D eigenvalue weighted by atomic mass is 10.2. The summed E-state index contributed by atoms with van der Waals surface area (Å²) in [5, 5.41) is 11.1. The molecule has 0 saturated carbocycles. The van der Waals surface area contributed by atoms with E-state index in [2.05, 4.69) is 43.8 Å². The van der Waals surface area contributed by atoms with Crippen molar-refractivity contribution in [3.8, 4) is 11.5 Å². The number of rotatable bonds is 4. The van der Waals surface area contributed by atoms with Gasteiger partial charge in [-0.25, -0.2) is 0 Å². The third kappa shape index (κ3) is 3.97. The van der Waals surface area contributed by atoms with Crippen molar-refractivity contribution in [1.82, 2.24) is 9.78 Å². The van der Waals surface area contributed by atoms with E-state index in [1.165, 1.54) is 5.56 Å². The van der Waals surface area contributed by atoms with Crippen molar-refractivity contribution in [1.29, 1.82) is 0 Å². The number of benzene rings is 2. The van der Waals surface area contributed by atoms with E-state index < -0.39 is 0 Å². The number of nitrogens with zero attached hydrogens (tertiary/aromatic N) is 2. The normalized spacial score (nSPS) is 12.0. The molecule has 0 unspecified atom stereocenters. The monoisotopic (exact) mass is 430 g/mol. The van der Waals surface area contributed by atoms with Gasteiger partial charge in [-0.15, -0.1) is 0 Å². The van der Waals surface area contributed by atoms with Crippen LogP contribution in [0.3, 0.4) is 0 Å². The molecule has 8 heteroatoms. The van der Waals surface area contributed by atoms with E-state index in [-0.39, 0.29) is 6.79 Å². The van der Waals surface area contributed by atoms with Crippen LogP contribution in [0.15, 0.2) is 59.3 Å².